The molecule has 0 bridgehead atoms. The molecule has 0 aliphatic carbocycles. The molecule has 164 valence electrons. The van der Waals surface area contributed by atoms with Gasteiger partial charge in [-0.2, -0.15) is 0 Å². The summed E-state index contributed by atoms with van der Waals surface area (Å²) in [7, 11) is 0.565. The van der Waals surface area contributed by atoms with E-state index in [9.17, 15) is 5.11 Å². The van der Waals surface area contributed by atoms with Crippen molar-refractivity contribution in [3.63, 3.8) is 0 Å². The Hall–Kier alpha value is -2.15. The summed E-state index contributed by atoms with van der Waals surface area (Å²) < 4.78 is 6.49. The standard InChI is InChI=1S/C28H35O2P/c1-6-28(7-2,31-26-14-13-20(3)16-24(26)18-29)25-17-21(4)15-22(5)27(25)30-19-23-11-9-8-10-12-23/h8-17,29,31H,6-7,18-19H2,1-5H3. The molecule has 3 aromatic rings. The first kappa shape index (κ1) is 23.5. The van der Waals surface area contributed by atoms with Gasteiger partial charge >= 0.3 is 0 Å². The first-order chi connectivity index (χ1) is 14.9. The van der Waals surface area contributed by atoms with Crippen molar-refractivity contribution in [3.05, 3.63) is 94.0 Å². The van der Waals surface area contributed by atoms with Crippen LogP contribution in [0, 0.1) is 20.8 Å². The number of aryl methyl sites for hydroxylation is 3. The summed E-state index contributed by atoms with van der Waals surface area (Å²) in [5, 5.41) is 11.2. The minimum atomic E-state index is -0.0258. The minimum absolute atomic E-state index is 0.0258. The Labute approximate surface area is 189 Å². The first-order valence-corrected chi connectivity index (χ1v) is 12.2. The molecule has 1 atom stereocenters. The van der Waals surface area contributed by atoms with E-state index in [0.717, 1.165) is 24.2 Å². The summed E-state index contributed by atoms with van der Waals surface area (Å²) in [6, 6.07) is 21.4. The highest BCUT2D eigenvalue weighted by atomic mass is 31.1. The summed E-state index contributed by atoms with van der Waals surface area (Å²) in [5.41, 5.74) is 7.16. The van der Waals surface area contributed by atoms with E-state index < -0.39 is 0 Å². The van der Waals surface area contributed by atoms with E-state index in [1.54, 1.807) is 0 Å². The van der Waals surface area contributed by atoms with Gasteiger partial charge in [0.25, 0.3) is 0 Å². The van der Waals surface area contributed by atoms with Crippen LogP contribution in [0.25, 0.3) is 0 Å². The van der Waals surface area contributed by atoms with Crippen LogP contribution >= 0.6 is 8.58 Å². The van der Waals surface area contributed by atoms with Gasteiger partial charge < -0.3 is 9.84 Å². The average Bonchev–Trinajstić information content (AvgIpc) is 2.78. The third-order valence-corrected chi connectivity index (χ3v) is 8.38. The number of benzene rings is 3. The lowest BCUT2D eigenvalue weighted by Gasteiger charge is -2.35. The lowest BCUT2D eigenvalue weighted by atomic mass is 9.89. The zero-order valence-electron chi connectivity index (χ0n) is 19.5. The third-order valence-electron chi connectivity index (χ3n) is 6.17. The van der Waals surface area contributed by atoms with Crippen molar-refractivity contribution in [2.24, 2.45) is 0 Å². The molecule has 1 unspecified atom stereocenters. The summed E-state index contributed by atoms with van der Waals surface area (Å²) in [6.45, 7) is 11.6. The molecule has 0 aliphatic heterocycles. The monoisotopic (exact) mass is 434 g/mol. The predicted molar refractivity (Wildman–Crippen MR) is 134 cm³/mol. The molecule has 3 heteroatoms. The van der Waals surface area contributed by atoms with Crippen LogP contribution in [0.4, 0.5) is 0 Å². The number of aliphatic hydroxyl groups is 1. The molecule has 0 spiro atoms. The number of aliphatic hydroxyl groups excluding tert-OH is 1. The maximum Gasteiger partial charge on any atom is 0.126 e. The molecular formula is C28H35O2P. The highest BCUT2D eigenvalue weighted by Gasteiger charge is 2.33. The molecule has 0 aromatic heterocycles. The van der Waals surface area contributed by atoms with Crippen LogP contribution in [-0.4, -0.2) is 5.11 Å². The van der Waals surface area contributed by atoms with Gasteiger partial charge in [-0.15, -0.1) is 0 Å². The van der Waals surface area contributed by atoms with Crippen molar-refractivity contribution >= 4 is 13.9 Å². The van der Waals surface area contributed by atoms with Crippen molar-refractivity contribution < 1.29 is 9.84 Å². The largest absolute Gasteiger partial charge is 0.488 e. The molecule has 0 aliphatic rings. The van der Waals surface area contributed by atoms with Gasteiger partial charge in [0.1, 0.15) is 12.4 Å². The zero-order valence-corrected chi connectivity index (χ0v) is 20.5. The lowest BCUT2D eigenvalue weighted by Crippen LogP contribution is -2.24. The Balaban J connectivity index is 2.05. The fraction of sp³-hybridized carbons (Fsp3) is 0.357. The van der Waals surface area contributed by atoms with Gasteiger partial charge in [0.05, 0.1) is 6.61 Å². The molecule has 0 radical (unpaired) electrons. The van der Waals surface area contributed by atoms with E-state index in [1.165, 1.54) is 33.1 Å². The Morgan fingerprint density at radius 2 is 1.58 bits per heavy atom. The van der Waals surface area contributed by atoms with Crippen molar-refractivity contribution in [3.8, 4) is 5.75 Å². The fourth-order valence-corrected chi connectivity index (χ4v) is 6.01. The highest BCUT2D eigenvalue weighted by Crippen LogP contribution is 2.51. The number of hydrogen-bond donors (Lipinski definition) is 1. The molecule has 0 fully saturated rings. The lowest BCUT2D eigenvalue weighted by molar-refractivity contribution is 0.283. The summed E-state index contributed by atoms with van der Waals surface area (Å²) in [4.78, 5) is 0. The Morgan fingerprint density at radius 1 is 0.871 bits per heavy atom. The summed E-state index contributed by atoms with van der Waals surface area (Å²) >= 11 is 0. The molecule has 3 aromatic carbocycles. The molecule has 1 N–H and O–H groups in total. The maximum atomic E-state index is 9.99. The third kappa shape index (κ3) is 5.37. The molecule has 2 nitrogen and oxygen atoms in total. The fourth-order valence-electron chi connectivity index (χ4n) is 4.34. The molecule has 0 saturated heterocycles. The van der Waals surface area contributed by atoms with E-state index in [4.69, 9.17) is 4.74 Å². The van der Waals surface area contributed by atoms with Crippen LogP contribution in [-0.2, 0) is 18.4 Å². The van der Waals surface area contributed by atoms with E-state index in [0.29, 0.717) is 15.2 Å². The topological polar surface area (TPSA) is 29.5 Å². The molecular weight excluding hydrogens is 399 g/mol. The van der Waals surface area contributed by atoms with Gasteiger partial charge in [0.2, 0.25) is 0 Å². The van der Waals surface area contributed by atoms with Gasteiger partial charge in [-0.05, 0) is 55.6 Å². The predicted octanol–water partition coefficient (Wildman–Crippen LogP) is 6.70. The Bertz CT molecular complexity index is 1010. The highest BCUT2D eigenvalue weighted by molar-refractivity contribution is 7.48. The van der Waals surface area contributed by atoms with Gasteiger partial charge in [-0.1, -0.05) is 94.2 Å². The van der Waals surface area contributed by atoms with Crippen molar-refractivity contribution in [1.29, 1.82) is 0 Å². The van der Waals surface area contributed by atoms with Crippen LogP contribution in [0.5, 0.6) is 5.75 Å². The Morgan fingerprint density at radius 3 is 2.23 bits per heavy atom. The summed E-state index contributed by atoms with van der Waals surface area (Å²) in [5.74, 6) is 1.02. The van der Waals surface area contributed by atoms with E-state index in [2.05, 4.69) is 89.2 Å². The van der Waals surface area contributed by atoms with E-state index in [-0.39, 0.29) is 11.8 Å². The van der Waals surface area contributed by atoms with Crippen LogP contribution in [0.2, 0.25) is 0 Å². The maximum absolute atomic E-state index is 9.99. The van der Waals surface area contributed by atoms with Crippen LogP contribution in [0.15, 0.2) is 60.7 Å². The normalized spacial score (nSPS) is 11.9. The molecule has 3 rings (SSSR count). The van der Waals surface area contributed by atoms with Crippen molar-refractivity contribution in [2.75, 3.05) is 0 Å². The van der Waals surface area contributed by atoms with Gasteiger partial charge in [0, 0.05) is 10.7 Å². The summed E-state index contributed by atoms with van der Waals surface area (Å²) in [6.07, 6.45) is 2.04. The van der Waals surface area contributed by atoms with Crippen LogP contribution in [0.1, 0.15) is 60.1 Å². The van der Waals surface area contributed by atoms with Crippen molar-refractivity contribution in [1.82, 2.24) is 0 Å². The Kier molecular flexibility index (Phi) is 7.92. The van der Waals surface area contributed by atoms with Crippen LogP contribution < -0.4 is 10.0 Å². The smallest absolute Gasteiger partial charge is 0.126 e. The molecule has 0 saturated carbocycles. The van der Waals surface area contributed by atoms with E-state index >= 15 is 0 Å². The zero-order chi connectivity index (χ0) is 22.4. The molecule has 0 amide bonds. The second-order valence-corrected chi connectivity index (χ2v) is 10.2. The SMILES string of the molecule is CCC(CC)(Pc1ccc(C)cc1CO)c1cc(C)cc(C)c1OCc1ccccc1. The van der Waals surface area contributed by atoms with Crippen LogP contribution in [0.3, 0.4) is 0 Å². The van der Waals surface area contributed by atoms with E-state index in [1.807, 2.05) is 6.07 Å². The quantitative estimate of drug-likeness (QED) is 0.380. The number of hydrogen-bond acceptors (Lipinski definition) is 2. The number of ether oxygens (including phenoxy) is 1. The second kappa shape index (κ2) is 10.4. The average molecular weight is 435 g/mol. The molecule has 31 heavy (non-hydrogen) atoms. The first-order valence-electron chi connectivity index (χ1n) is 11.2. The van der Waals surface area contributed by atoms with Crippen molar-refractivity contribution in [2.45, 2.75) is 65.8 Å². The minimum Gasteiger partial charge on any atom is -0.488 e. The number of rotatable bonds is 9. The molecule has 0 heterocycles. The second-order valence-electron chi connectivity index (χ2n) is 8.47. The van der Waals surface area contributed by atoms with Gasteiger partial charge in [-0.3, -0.25) is 0 Å². The van der Waals surface area contributed by atoms with Gasteiger partial charge in [-0.25, -0.2) is 0 Å². The van der Waals surface area contributed by atoms with Gasteiger partial charge in [0.15, 0.2) is 0 Å².